The number of anilines is 2. The molecule has 0 aliphatic rings. The lowest BCUT2D eigenvalue weighted by Crippen LogP contribution is -2.10. The van der Waals surface area contributed by atoms with E-state index < -0.39 is 10.3 Å². The van der Waals surface area contributed by atoms with Crippen molar-refractivity contribution >= 4 is 44.6 Å². The quantitative estimate of drug-likeness (QED) is 0.295. The Morgan fingerprint density at radius 2 is 1.93 bits per heavy atom. The van der Waals surface area contributed by atoms with Gasteiger partial charge in [0.1, 0.15) is 5.82 Å². The van der Waals surface area contributed by atoms with Crippen molar-refractivity contribution in [3.8, 4) is 0 Å². The Morgan fingerprint density at radius 3 is 2.56 bits per heavy atom. The maximum absolute atomic E-state index is 10.8. The zero-order valence-corrected chi connectivity index (χ0v) is 16.5. The Labute approximate surface area is 161 Å². The molecule has 2 aromatic heterocycles. The summed E-state index contributed by atoms with van der Waals surface area (Å²) in [5.74, 6) is 1.57. The first-order chi connectivity index (χ1) is 12.9. The lowest BCUT2D eigenvalue weighted by atomic mass is 10.2. The van der Waals surface area contributed by atoms with E-state index in [1.807, 2.05) is 23.3 Å². The molecule has 0 fully saturated rings. The van der Waals surface area contributed by atoms with Crippen molar-refractivity contribution in [2.75, 3.05) is 15.8 Å². The Morgan fingerprint density at radius 1 is 1.19 bits per heavy atom. The van der Waals surface area contributed by atoms with Gasteiger partial charge < -0.3 is 5.32 Å². The molecule has 2 heterocycles. The smallest absolute Gasteiger partial charge is 0.357 e. The van der Waals surface area contributed by atoms with Crippen LogP contribution in [-0.2, 0) is 23.4 Å². The second-order valence-electron chi connectivity index (χ2n) is 5.61. The van der Waals surface area contributed by atoms with Crippen molar-refractivity contribution in [3.63, 3.8) is 0 Å². The van der Waals surface area contributed by atoms with Gasteiger partial charge in [0.05, 0.1) is 17.3 Å². The fraction of sp³-hybridized carbons (Fsp3) is 0.312. The minimum absolute atomic E-state index is 0.288. The summed E-state index contributed by atoms with van der Waals surface area (Å²) in [6.45, 7) is 5.27. The van der Waals surface area contributed by atoms with Gasteiger partial charge in [0.25, 0.3) is 0 Å². The summed E-state index contributed by atoms with van der Waals surface area (Å²) in [6, 6.07) is 6.67. The third-order valence-electron chi connectivity index (χ3n) is 3.71. The average molecular weight is 409 g/mol. The van der Waals surface area contributed by atoms with Crippen LogP contribution in [0.2, 0.25) is 0 Å². The van der Waals surface area contributed by atoms with Crippen molar-refractivity contribution < 1.29 is 13.0 Å². The van der Waals surface area contributed by atoms with E-state index in [1.54, 1.807) is 42.2 Å². The van der Waals surface area contributed by atoms with Crippen molar-refractivity contribution in [2.24, 2.45) is 0 Å². The molecule has 0 aliphatic heterocycles. The van der Waals surface area contributed by atoms with Crippen LogP contribution in [0.3, 0.4) is 0 Å². The first-order valence-corrected chi connectivity index (χ1v) is 10.8. The van der Waals surface area contributed by atoms with Gasteiger partial charge in [-0.15, -0.1) is 0 Å². The van der Waals surface area contributed by atoms with Gasteiger partial charge in [0.2, 0.25) is 0 Å². The van der Waals surface area contributed by atoms with Crippen molar-refractivity contribution in [3.05, 3.63) is 36.0 Å². The normalized spacial score (nSPS) is 11.7. The monoisotopic (exact) mass is 408 g/mol. The fourth-order valence-corrected chi connectivity index (χ4v) is 3.52. The molecule has 11 heteroatoms. The molecule has 0 saturated carbocycles. The third kappa shape index (κ3) is 4.87. The second kappa shape index (κ2) is 8.11. The molecule has 0 saturated heterocycles. The number of aromatic nitrogens is 4. The number of aryl methyl sites for hydroxylation is 1. The topological polar surface area (TPSA) is 122 Å². The Bertz CT molecular complexity index is 1030. The number of nitrogens with zero attached hydrogens (tertiary/aromatic N) is 4. The van der Waals surface area contributed by atoms with Gasteiger partial charge in [-0.25, -0.2) is 14.6 Å². The molecule has 3 aromatic rings. The lowest BCUT2D eigenvalue weighted by molar-refractivity contribution is 0.489. The van der Waals surface area contributed by atoms with Gasteiger partial charge in [0, 0.05) is 13.1 Å². The molecule has 0 amide bonds. The number of rotatable bonds is 8. The number of nitrogens with one attached hydrogen (secondary N) is 2. The Balaban J connectivity index is 1.81. The number of hydrogen-bond donors (Lipinski definition) is 3. The van der Waals surface area contributed by atoms with Crippen LogP contribution in [0.4, 0.5) is 11.5 Å². The van der Waals surface area contributed by atoms with Crippen LogP contribution in [-0.4, -0.2) is 38.5 Å². The van der Waals surface area contributed by atoms with E-state index in [-0.39, 0.29) is 5.69 Å². The van der Waals surface area contributed by atoms with Gasteiger partial charge in [-0.3, -0.25) is 9.27 Å². The molecule has 9 nitrogen and oxygen atoms in total. The highest BCUT2D eigenvalue weighted by atomic mass is 32.2. The minimum atomic E-state index is -4.27. The minimum Gasteiger partial charge on any atom is -0.365 e. The first kappa shape index (κ1) is 19.4. The molecule has 3 N–H and O–H groups in total. The van der Waals surface area contributed by atoms with Crippen LogP contribution >= 0.6 is 11.8 Å². The van der Waals surface area contributed by atoms with E-state index in [1.165, 1.54) is 0 Å². The van der Waals surface area contributed by atoms with Crippen molar-refractivity contribution in [2.45, 2.75) is 32.1 Å². The molecule has 1 aromatic carbocycles. The second-order valence-corrected chi connectivity index (χ2v) is 8.00. The van der Waals surface area contributed by atoms with Crippen LogP contribution in [0.25, 0.3) is 11.0 Å². The fourth-order valence-electron chi connectivity index (χ4n) is 2.52. The zero-order chi connectivity index (χ0) is 19.4. The van der Waals surface area contributed by atoms with E-state index >= 15 is 0 Å². The predicted octanol–water partition coefficient (Wildman–Crippen LogP) is 2.79. The number of thioether (sulfide) groups is 1. The molecule has 144 valence electrons. The number of fused-ring (bicyclic) bond motifs is 1. The number of hydrogen-bond acceptors (Lipinski definition) is 7. The summed E-state index contributed by atoms with van der Waals surface area (Å²) in [5.41, 5.74) is 2.01. The summed E-state index contributed by atoms with van der Waals surface area (Å²) in [5, 5.41) is 9.19. The van der Waals surface area contributed by atoms with Crippen LogP contribution in [0.1, 0.15) is 19.4 Å². The molecule has 0 bridgehead atoms. The highest BCUT2D eigenvalue weighted by molar-refractivity contribution is 7.99. The number of benzene rings is 1. The Kier molecular flexibility index (Phi) is 5.82. The van der Waals surface area contributed by atoms with E-state index in [0.717, 1.165) is 28.9 Å². The molecule has 0 unspecified atom stereocenters. The highest BCUT2D eigenvalue weighted by Crippen LogP contribution is 2.25. The van der Waals surface area contributed by atoms with Gasteiger partial charge >= 0.3 is 10.3 Å². The summed E-state index contributed by atoms with van der Waals surface area (Å²) in [7, 11) is -4.27. The summed E-state index contributed by atoms with van der Waals surface area (Å²) in [4.78, 5) is 9.16. The summed E-state index contributed by atoms with van der Waals surface area (Å²) < 4.78 is 34.3. The van der Waals surface area contributed by atoms with Gasteiger partial charge in [-0.2, -0.15) is 13.5 Å². The summed E-state index contributed by atoms with van der Waals surface area (Å²) >= 11 is 1.56. The van der Waals surface area contributed by atoms with Gasteiger partial charge in [-0.1, -0.05) is 30.8 Å². The molecular formula is C16H20N6O3S2. The molecule has 0 spiro atoms. The van der Waals surface area contributed by atoms with E-state index in [0.29, 0.717) is 17.5 Å². The third-order valence-corrected chi connectivity index (χ3v) is 4.93. The van der Waals surface area contributed by atoms with Gasteiger partial charge in [0.15, 0.2) is 10.8 Å². The zero-order valence-electron chi connectivity index (χ0n) is 14.9. The predicted molar refractivity (Wildman–Crippen MR) is 106 cm³/mol. The largest absolute Gasteiger partial charge is 0.365 e. The van der Waals surface area contributed by atoms with Crippen LogP contribution in [0.5, 0.6) is 0 Å². The molecule has 0 radical (unpaired) electrons. The standard InChI is InChI=1S/C16H20N6O3S2/c1-3-22-15-13(10-18-22)14(19-16(20-15)26-4-2)17-9-11-5-7-12(8-6-11)21-27(23,24)25/h5-8,10,21H,3-4,9H2,1-2H3,(H,17,19,20)(H,23,24,25). The van der Waals surface area contributed by atoms with Crippen molar-refractivity contribution in [1.82, 2.24) is 19.7 Å². The highest BCUT2D eigenvalue weighted by Gasteiger charge is 2.12. The van der Waals surface area contributed by atoms with Crippen LogP contribution < -0.4 is 10.0 Å². The molecule has 3 rings (SSSR count). The van der Waals surface area contributed by atoms with E-state index in [9.17, 15) is 8.42 Å². The average Bonchev–Trinajstić information content (AvgIpc) is 3.03. The maximum Gasteiger partial charge on any atom is 0.357 e. The SMILES string of the molecule is CCSc1nc(NCc2ccc(NS(=O)(=O)O)cc2)c2cnn(CC)c2n1. The van der Waals surface area contributed by atoms with E-state index in [2.05, 4.69) is 20.4 Å². The molecule has 0 atom stereocenters. The van der Waals surface area contributed by atoms with E-state index in [4.69, 9.17) is 4.55 Å². The maximum atomic E-state index is 10.8. The van der Waals surface area contributed by atoms with Gasteiger partial charge in [-0.05, 0) is 30.4 Å². The molecule has 0 aliphatic carbocycles. The lowest BCUT2D eigenvalue weighted by Gasteiger charge is -2.10. The van der Waals surface area contributed by atoms with Crippen LogP contribution in [0, 0.1) is 0 Å². The summed E-state index contributed by atoms with van der Waals surface area (Å²) in [6.07, 6.45) is 1.75. The first-order valence-electron chi connectivity index (χ1n) is 8.34. The molecule has 27 heavy (non-hydrogen) atoms. The molecular weight excluding hydrogens is 388 g/mol. The van der Waals surface area contributed by atoms with Crippen LogP contribution in [0.15, 0.2) is 35.6 Å². The van der Waals surface area contributed by atoms with Crippen molar-refractivity contribution in [1.29, 1.82) is 0 Å². The Hall–Kier alpha value is -2.37.